The highest BCUT2D eigenvalue weighted by Crippen LogP contribution is 2.26. The van der Waals surface area contributed by atoms with Gasteiger partial charge in [-0.2, -0.15) is 0 Å². The number of nitrogens with one attached hydrogen (secondary N) is 1. The number of carbonyl (C=O) groups excluding carboxylic acids is 1. The number of hydrogen-bond acceptors (Lipinski definition) is 3. The lowest BCUT2D eigenvalue weighted by molar-refractivity contribution is 0.102. The van der Waals surface area contributed by atoms with E-state index in [0.29, 0.717) is 36.5 Å². The second-order valence-corrected chi connectivity index (χ2v) is 5.67. The van der Waals surface area contributed by atoms with Crippen LogP contribution >= 0.6 is 0 Å². The lowest BCUT2D eigenvalue weighted by atomic mass is 10.0. The number of pyridine rings is 1. The van der Waals surface area contributed by atoms with E-state index in [-0.39, 0.29) is 11.3 Å². The van der Waals surface area contributed by atoms with Crippen molar-refractivity contribution in [2.45, 2.75) is 32.7 Å². The Labute approximate surface area is 139 Å². The Bertz CT molecular complexity index is 829. The Kier molecular flexibility index (Phi) is 4.64. The van der Waals surface area contributed by atoms with Gasteiger partial charge in [-0.15, -0.1) is 0 Å². The number of anilines is 1. The van der Waals surface area contributed by atoms with Gasteiger partial charge in [0.15, 0.2) is 0 Å². The normalized spacial score (nSPS) is 13.2. The van der Waals surface area contributed by atoms with Crippen LogP contribution < -0.4 is 15.6 Å². The van der Waals surface area contributed by atoms with Gasteiger partial charge >= 0.3 is 0 Å². The first kappa shape index (κ1) is 16.2. The molecule has 0 unspecified atom stereocenters. The van der Waals surface area contributed by atoms with E-state index in [0.717, 1.165) is 12.8 Å². The molecule has 1 aliphatic heterocycles. The molecule has 0 fully saturated rings. The summed E-state index contributed by atoms with van der Waals surface area (Å²) in [5.74, 6) is -0.539. The molecule has 0 radical (unpaired) electrons. The number of rotatable bonds is 4. The molecule has 0 atom stereocenters. The standard InChI is InChI=1S/C18H19FN2O3/c1-2-24-15-11-16(22)21-9-4-3-8-14(21)17(15)18(23)20-13-7-5-6-12(19)10-13/h5-7,10-11H,2-4,8-9H2,1H3,(H,20,23). The summed E-state index contributed by atoms with van der Waals surface area (Å²) in [6.07, 6.45) is 2.46. The highest BCUT2D eigenvalue weighted by atomic mass is 19.1. The van der Waals surface area contributed by atoms with Crippen LogP contribution in [0.2, 0.25) is 0 Å². The molecule has 1 N–H and O–H groups in total. The molecule has 24 heavy (non-hydrogen) atoms. The number of amides is 1. The van der Waals surface area contributed by atoms with Crippen molar-refractivity contribution in [3.05, 3.63) is 57.8 Å². The molecule has 1 aromatic heterocycles. The summed E-state index contributed by atoms with van der Waals surface area (Å²) in [5, 5.41) is 2.69. The van der Waals surface area contributed by atoms with E-state index >= 15 is 0 Å². The fraction of sp³-hybridized carbons (Fsp3) is 0.333. The number of halogens is 1. The van der Waals surface area contributed by atoms with E-state index in [2.05, 4.69) is 5.32 Å². The zero-order chi connectivity index (χ0) is 17.1. The Balaban J connectivity index is 2.04. The van der Waals surface area contributed by atoms with Crippen molar-refractivity contribution in [1.82, 2.24) is 4.57 Å². The maximum absolute atomic E-state index is 13.3. The zero-order valence-electron chi connectivity index (χ0n) is 13.5. The van der Waals surface area contributed by atoms with Gasteiger partial charge in [0.1, 0.15) is 17.1 Å². The van der Waals surface area contributed by atoms with Gasteiger partial charge in [-0.05, 0) is 44.4 Å². The summed E-state index contributed by atoms with van der Waals surface area (Å²) in [6.45, 7) is 2.75. The van der Waals surface area contributed by atoms with Gasteiger partial charge in [-0.3, -0.25) is 9.59 Å². The topological polar surface area (TPSA) is 60.3 Å². The molecule has 0 saturated carbocycles. The van der Waals surface area contributed by atoms with Gasteiger partial charge in [0.05, 0.1) is 6.61 Å². The van der Waals surface area contributed by atoms with Crippen LogP contribution in [0.1, 0.15) is 35.8 Å². The molecule has 2 heterocycles. The predicted octanol–water partition coefficient (Wildman–Crippen LogP) is 2.97. The minimum atomic E-state index is -0.427. The third-order valence-corrected chi connectivity index (χ3v) is 4.04. The molecular formula is C18H19FN2O3. The minimum Gasteiger partial charge on any atom is -0.493 e. The Morgan fingerprint density at radius 3 is 2.92 bits per heavy atom. The van der Waals surface area contributed by atoms with Crippen molar-refractivity contribution < 1.29 is 13.9 Å². The van der Waals surface area contributed by atoms with Crippen molar-refractivity contribution in [3.63, 3.8) is 0 Å². The highest BCUT2D eigenvalue weighted by Gasteiger charge is 2.24. The number of hydrogen-bond donors (Lipinski definition) is 1. The first-order valence-corrected chi connectivity index (χ1v) is 8.06. The third kappa shape index (κ3) is 3.18. The van der Waals surface area contributed by atoms with Crippen molar-refractivity contribution in [2.75, 3.05) is 11.9 Å². The van der Waals surface area contributed by atoms with Crippen molar-refractivity contribution in [3.8, 4) is 5.75 Å². The van der Waals surface area contributed by atoms with E-state index in [1.165, 1.54) is 24.3 Å². The van der Waals surface area contributed by atoms with Gasteiger partial charge in [0.25, 0.3) is 11.5 Å². The fourth-order valence-corrected chi connectivity index (χ4v) is 3.01. The summed E-state index contributed by atoms with van der Waals surface area (Å²) < 4.78 is 20.5. The Morgan fingerprint density at radius 1 is 1.33 bits per heavy atom. The summed E-state index contributed by atoms with van der Waals surface area (Å²) in [4.78, 5) is 25.0. The molecule has 126 valence electrons. The van der Waals surface area contributed by atoms with Crippen LogP contribution in [-0.4, -0.2) is 17.1 Å². The second-order valence-electron chi connectivity index (χ2n) is 5.67. The van der Waals surface area contributed by atoms with Crippen LogP contribution in [-0.2, 0) is 13.0 Å². The van der Waals surface area contributed by atoms with Crippen LogP contribution in [0.25, 0.3) is 0 Å². The molecule has 0 spiro atoms. The maximum Gasteiger partial charge on any atom is 0.261 e. The predicted molar refractivity (Wildman–Crippen MR) is 89.2 cm³/mol. The number of aromatic nitrogens is 1. The maximum atomic E-state index is 13.3. The number of carbonyl (C=O) groups is 1. The molecular weight excluding hydrogens is 311 g/mol. The quantitative estimate of drug-likeness (QED) is 0.937. The first-order valence-electron chi connectivity index (χ1n) is 8.06. The van der Waals surface area contributed by atoms with Crippen molar-refractivity contribution in [2.24, 2.45) is 0 Å². The lowest BCUT2D eigenvalue weighted by Gasteiger charge is -2.23. The Morgan fingerprint density at radius 2 is 2.17 bits per heavy atom. The minimum absolute atomic E-state index is 0.157. The van der Waals surface area contributed by atoms with Gasteiger partial charge in [0.2, 0.25) is 0 Å². The second kappa shape index (κ2) is 6.86. The Hall–Kier alpha value is -2.63. The van der Waals surface area contributed by atoms with Crippen molar-refractivity contribution >= 4 is 11.6 Å². The largest absolute Gasteiger partial charge is 0.493 e. The lowest BCUT2D eigenvalue weighted by Crippen LogP contribution is -2.31. The molecule has 6 heteroatoms. The van der Waals surface area contributed by atoms with Gasteiger partial charge in [0, 0.05) is 24.0 Å². The van der Waals surface area contributed by atoms with E-state index < -0.39 is 11.7 Å². The summed E-state index contributed by atoms with van der Waals surface area (Å²) >= 11 is 0. The summed E-state index contributed by atoms with van der Waals surface area (Å²) in [7, 11) is 0. The number of fused-ring (bicyclic) bond motifs is 1. The van der Waals surface area contributed by atoms with Crippen molar-refractivity contribution in [1.29, 1.82) is 0 Å². The fourth-order valence-electron chi connectivity index (χ4n) is 3.01. The molecule has 5 nitrogen and oxygen atoms in total. The van der Waals surface area contributed by atoms with E-state index in [4.69, 9.17) is 4.74 Å². The van der Waals surface area contributed by atoms with E-state index in [9.17, 15) is 14.0 Å². The van der Waals surface area contributed by atoms with Gasteiger partial charge in [-0.1, -0.05) is 6.07 Å². The van der Waals surface area contributed by atoms with Crippen LogP contribution in [0.4, 0.5) is 10.1 Å². The molecule has 3 rings (SSSR count). The van der Waals surface area contributed by atoms with E-state index in [1.807, 2.05) is 0 Å². The molecule has 0 aliphatic carbocycles. The average Bonchev–Trinajstić information content (AvgIpc) is 2.55. The van der Waals surface area contributed by atoms with Gasteiger partial charge < -0.3 is 14.6 Å². The van der Waals surface area contributed by atoms with Crippen LogP contribution in [0, 0.1) is 5.82 Å². The van der Waals surface area contributed by atoms with E-state index in [1.54, 1.807) is 17.6 Å². The molecule has 1 aliphatic rings. The van der Waals surface area contributed by atoms with Crippen LogP contribution in [0.15, 0.2) is 35.1 Å². The summed E-state index contributed by atoms with van der Waals surface area (Å²) in [6, 6.07) is 7.06. The number of benzene rings is 1. The SMILES string of the molecule is CCOc1cc(=O)n2c(c1C(=O)Nc1cccc(F)c1)CCCC2. The van der Waals surface area contributed by atoms with Crippen LogP contribution in [0.5, 0.6) is 5.75 Å². The highest BCUT2D eigenvalue weighted by molar-refractivity contribution is 6.07. The molecule has 1 amide bonds. The molecule has 0 saturated heterocycles. The molecule has 1 aromatic carbocycles. The van der Waals surface area contributed by atoms with Crippen LogP contribution in [0.3, 0.4) is 0 Å². The van der Waals surface area contributed by atoms with Gasteiger partial charge in [-0.25, -0.2) is 4.39 Å². The molecule has 2 aromatic rings. The zero-order valence-corrected chi connectivity index (χ0v) is 13.5. The summed E-state index contributed by atoms with van der Waals surface area (Å²) in [5.41, 5.74) is 1.25. The average molecular weight is 330 g/mol. The molecule has 0 bridgehead atoms. The number of ether oxygens (including phenoxy) is 1. The monoisotopic (exact) mass is 330 g/mol. The third-order valence-electron chi connectivity index (χ3n) is 4.04. The first-order chi connectivity index (χ1) is 11.6. The number of nitrogens with zero attached hydrogens (tertiary/aromatic N) is 1. The smallest absolute Gasteiger partial charge is 0.261 e.